The molecule has 106 valence electrons. The Balaban J connectivity index is 1.95. The number of thiophene rings is 1. The molecule has 0 atom stereocenters. The van der Waals surface area contributed by atoms with Crippen molar-refractivity contribution in [1.82, 2.24) is 4.98 Å². The average molecular weight is 315 g/mol. The van der Waals surface area contributed by atoms with Gasteiger partial charge in [-0.05, 0) is 37.1 Å². The van der Waals surface area contributed by atoms with Crippen LogP contribution in [0, 0.1) is 13.8 Å². The standard InChI is InChI=1S/C16H13NO2S2/c1-9-3-4-11(5-10(9)2)15-17-13(8-21-15)14-6-12(7-20-14)16(18)19/h3-8H,1-2H3,(H,18,19). The van der Waals surface area contributed by atoms with Crippen molar-refractivity contribution in [2.45, 2.75) is 13.8 Å². The van der Waals surface area contributed by atoms with E-state index in [1.165, 1.54) is 22.5 Å². The van der Waals surface area contributed by atoms with Crippen molar-refractivity contribution in [3.05, 3.63) is 51.7 Å². The molecule has 0 bridgehead atoms. The summed E-state index contributed by atoms with van der Waals surface area (Å²) in [4.78, 5) is 16.4. The third-order valence-electron chi connectivity index (χ3n) is 3.36. The molecule has 0 saturated carbocycles. The highest BCUT2D eigenvalue weighted by Gasteiger charge is 2.12. The van der Waals surface area contributed by atoms with Crippen LogP contribution in [-0.4, -0.2) is 16.1 Å². The first kappa shape index (κ1) is 14.0. The van der Waals surface area contributed by atoms with Gasteiger partial charge in [-0.3, -0.25) is 0 Å². The minimum atomic E-state index is -0.901. The lowest BCUT2D eigenvalue weighted by atomic mass is 10.1. The van der Waals surface area contributed by atoms with Gasteiger partial charge in [0.05, 0.1) is 16.1 Å². The molecule has 0 fully saturated rings. The molecular formula is C16H13NO2S2. The number of nitrogens with zero attached hydrogens (tertiary/aromatic N) is 1. The van der Waals surface area contributed by atoms with Gasteiger partial charge in [-0.1, -0.05) is 12.1 Å². The fourth-order valence-electron chi connectivity index (χ4n) is 1.98. The van der Waals surface area contributed by atoms with Crippen LogP contribution in [0.5, 0.6) is 0 Å². The molecule has 21 heavy (non-hydrogen) atoms. The van der Waals surface area contributed by atoms with Gasteiger partial charge in [-0.25, -0.2) is 9.78 Å². The second-order valence-corrected chi connectivity index (χ2v) is 6.61. The van der Waals surface area contributed by atoms with Crippen LogP contribution in [0.25, 0.3) is 21.1 Å². The monoisotopic (exact) mass is 315 g/mol. The third-order valence-corrected chi connectivity index (χ3v) is 5.20. The molecule has 1 aromatic carbocycles. The van der Waals surface area contributed by atoms with E-state index < -0.39 is 5.97 Å². The first-order valence-corrected chi connectivity index (χ1v) is 8.16. The predicted octanol–water partition coefficient (Wildman–Crippen LogP) is 4.85. The lowest BCUT2D eigenvalue weighted by Crippen LogP contribution is -1.91. The molecule has 2 aromatic heterocycles. The summed E-state index contributed by atoms with van der Waals surface area (Å²) in [6, 6.07) is 7.97. The predicted molar refractivity (Wildman–Crippen MR) is 87.3 cm³/mol. The van der Waals surface area contributed by atoms with E-state index in [9.17, 15) is 4.79 Å². The smallest absolute Gasteiger partial charge is 0.336 e. The van der Waals surface area contributed by atoms with Gasteiger partial charge in [0.2, 0.25) is 0 Å². The Kier molecular flexibility index (Phi) is 3.61. The van der Waals surface area contributed by atoms with Crippen molar-refractivity contribution in [3.8, 4) is 21.1 Å². The lowest BCUT2D eigenvalue weighted by molar-refractivity contribution is 0.0697. The molecule has 5 heteroatoms. The minimum absolute atomic E-state index is 0.315. The quantitative estimate of drug-likeness (QED) is 0.751. The Hall–Kier alpha value is -1.98. The summed E-state index contributed by atoms with van der Waals surface area (Å²) in [6.45, 7) is 4.18. The van der Waals surface area contributed by atoms with Gasteiger partial charge in [0.15, 0.2) is 0 Å². The molecule has 0 saturated heterocycles. The number of aromatic nitrogens is 1. The van der Waals surface area contributed by atoms with E-state index in [1.807, 2.05) is 5.38 Å². The molecule has 3 nitrogen and oxygen atoms in total. The fourth-order valence-corrected chi connectivity index (χ4v) is 3.71. The van der Waals surface area contributed by atoms with Gasteiger partial charge in [0, 0.05) is 16.3 Å². The molecule has 0 aliphatic carbocycles. The largest absolute Gasteiger partial charge is 0.478 e. The Morgan fingerprint density at radius 3 is 2.57 bits per heavy atom. The van der Waals surface area contributed by atoms with Crippen LogP contribution in [0.1, 0.15) is 21.5 Å². The van der Waals surface area contributed by atoms with E-state index in [4.69, 9.17) is 5.11 Å². The number of hydrogen-bond donors (Lipinski definition) is 1. The number of carboxylic acid groups (broad SMARTS) is 1. The Labute approximate surface area is 130 Å². The van der Waals surface area contributed by atoms with Crippen LogP contribution in [0.4, 0.5) is 0 Å². The summed E-state index contributed by atoms with van der Waals surface area (Å²) in [5, 5.41) is 13.6. The van der Waals surface area contributed by atoms with Crippen molar-refractivity contribution in [2.75, 3.05) is 0 Å². The highest BCUT2D eigenvalue weighted by molar-refractivity contribution is 7.15. The number of carboxylic acids is 1. The van der Waals surface area contributed by atoms with E-state index >= 15 is 0 Å². The van der Waals surface area contributed by atoms with Gasteiger partial charge in [-0.2, -0.15) is 0 Å². The summed E-state index contributed by atoms with van der Waals surface area (Å²) in [6.07, 6.45) is 0. The minimum Gasteiger partial charge on any atom is -0.478 e. The molecule has 0 amide bonds. The molecule has 0 radical (unpaired) electrons. The van der Waals surface area contributed by atoms with E-state index in [1.54, 1.807) is 22.8 Å². The van der Waals surface area contributed by atoms with E-state index in [-0.39, 0.29) is 0 Å². The van der Waals surface area contributed by atoms with E-state index in [2.05, 4.69) is 37.0 Å². The number of aryl methyl sites for hydroxylation is 2. The summed E-state index contributed by atoms with van der Waals surface area (Å²) in [5.74, 6) is -0.901. The topological polar surface area (TPSA) is 50.2 Å². The second-order valence-electron chi connectivity index (χ2n) is 4.84. The van der Waals surface area contributed by atoms with Gasteiger partial charge in [0.1, 0.15) is 5.01 Å². The van der Waals surface area contributed by atoms with Crippen LogP contribution in [0.3, 0.4) is 0 Å². The summed E-state index contributed by atoms with van der Waals surface area (Å²) < 4.78 is 0. The highest BCUT2D eigenvalue weighted by Crippen LogP contribution is 2.32. The van der Waals surface area contributed by atoms with Crippen LogP contribution < -0.4 is 0 Å². The number of hydrogen-bond acceptors (Lipinski definition) is 4. The Morgan fingerprint density at radius 1 is 1.10 bits per heavy atom. The molecule has 0 aliphatic heterocycles. The number of thiazole rings is 1. The number of aromatic carboxylic acids is 1. The fraction of sp³-hybridized carbons (Fsp3) is 0.125. The van der Waals surface area contributed by atoms with Crippen LogP contribution in [0.15, 0.2) is 35.0 Å². The molecule has 0 unspecified atom stereocenters. The summed E-state index contributed by atoms with van der Waals surface area (Å²) >= 11 is 2.99. The molecule has 2 heterocycles. The normalized spacial score (nSPS) is 10.8. The van der Waals surface area contributed by atoms with Gasteiger partial charge >= 0.3 is 5.97 Å². The van der Waals surface area contributed by atoms with E-state index in [0.717, 1.165) is 21.1 Å². The van der Waals surface area contributed by atoms with Crippen molar-refractivity contribution in [1.29, 1.82) is 0 Å². The van der Waals surface area contributed by atoms with Crippen LogP contribution in [-0.2, 0) is 0 Å². The van der Waals surface area contributed by atoms with Crippen molar-refractivity contribution in [2.24, 2.45) is 0 Å². The lowest BCUT2D eigenvalue weighted by Gasteiger charge is -2.01. The van der Waals surface area contributed by atoms with Crippen molar-refractivity contribution < 1.29 is 9.90 Å². The molecule has 3 aromatic rings. The Bertz CT molecular complexity index is 817. The maximum Gasteiger partial charge on any atom is 0.336 e. The van der Waals surface area contributed by atoms with Gasteiger partial charge in [-0.15, -0.1) is 22.7 Å². The van der Waals surface area contributed by atoms with Crippen molar-refractivity contribution >= 4 is 28.6 Å². The summed E-state index contributed by atoms with van der Waals surface area (Å²) in [5.41, 5.74) is 4.76. The summed E-state index contributed by atoms with van der Waals surface area (Å²) in [7, 11) is 0. The first-order valence-electron chi connectivity index (χ1n) is 6.40. The zero-order valence-electron chi connectivity index (χ0n) is 11.6. The SMILES string of the molecule is Cc1ccc(-c2nc(-c3cc(C(=O)O)cs3)cs2)cc1C. The van der Waals surface area contributed by atoms with Crippen LogP contribution in [0.2, 0.25) is 0 Å². The molecule has 3 rings (SSSR count). The first-order chi connectivity index (χ1) is 10.0. The molecule has 0 spiro atoms. The molecule has 0 aliphatic rings. The van der Waals surface area contributed by atoms with Crippen molar-refractivity contribution in [3.63, 3.8) is 0 Å². The number of carbonyl (C=O) groups is 1. The van der Waals surface area contributed by atoms with Gasteiger partial charge in [0.25, 0.3) is 0 Å². The maximum absolute atomic E-state index is 10.9. The second kappa shape index (κ2) is 5.42. The zero-order valence-corrected chi connectivity index (χ0v) is 13.2. The maximum atomic E-state index is 10.9. The van der Waals surface area contributed by atoms with Gasteiger partial charge < -0.3 is 5.11 Å². The number of rotatable bonds is 3. The molecular weight excluding hydrogens is 302 g/mol. The number of benzene rings is 1. The van der Waals surface area contributed by atoms with Crippen LogP contribution >= 0.6 is 22.7 Å². The Morgan fingerprint density at radius 2 is 1.90 bits per heavy atom. The zero-order chi connectivity index (χ0) is 15.0. The highest BCUT2D eigenvalue weighted by atomic mass is 32.1. The molecule has 1 N–H and O–H groups in total. The third kappa shape index (κ3) is 2.75. The average Bonchev–Trinajstić information content (AvgIpc) is 3.09. The van der Waals surface area contributed by atoms with E-state index in [0.29, 0.717) is 5.56 Å².